The number of aromatic nitrogens is 2. The molecule has 0 aliphatic carbocycles. The molecule has 1 N–H and O–H groups in total. The maximum absolute atomic E-state index is 4.34. The van der Waals surface area contributed by atoms with Gasteiger partial charge in [-0.3, -0.25) is 0 Å². The van der Waals surface area contributed by atoms with E-state index < -0.39 is 0 Å². The highest BCUT2D eigenvalue weighted by molar-refractivity contribution is 7.05. The van der Waals surface area contributed by atoms with Crippen LogP contribution in [0.2, 0.25) is 0 Å². The quantitative estimate of drug-likeness (QED) is 0.679. The second kappa shape index (κ2) is 3.37. The van der Waals surface area contributed by atoms with Crippen LogP contribution in [0, 0.1) is 6.92 Å². The number of hydrogen-bond acceptors (Lipinski definition) is 5. The summed E-state index contributed by atoms with van der Waals surface area (Å²) in [6, 6.07) is 0. The molecule has 0 aromatic carbocycles. The molecule has 0 radical (unpaired) electrons. The molecule has 1 aromatic heterocycles. The summed E-state index contributed by atoms with van der Waals surface area (Å²) in [7, 11) is 0. The number of aryl methyl sites for hydroxylation is 1. The van der Waals surface area contributed by atoms with Gasteiger partial charge < -0.3 is 10.2 Å². The molecular formula is C7H12N4S. The maximum atomic E-state index is 4.34. The Labute approximate surface area is 75.8 Å². The van der Waals surface area contributed by atoms with Crippen LogP contribution in [0.5, 0.6) is 0 Å². The van der Waals surface area contributed by atoms with Gasteiger partial charge in [0, 0.05) is 26.2 Å². The Morgan fingerprint density at radius 2 is 2.17 bits per heavy atom. The number of rotatable bonds is 1. The van der Waals surface area contributed by atoms with Crippen LogP contribution in [0.1, 0.15) is 5.01 Å². The predicted molar refractivity (Wildman–Crippen MR) is 49.7 cm³/mol. The number of hydrogen-bond donors (Lipinski definition) is 1. The second-order valence-electron chi connectivity index (χ2n) is 2.85. The molecule has 12 heavy (non-hydrogen) atoms. The third-order valence-corrected chi connectivity index (χ3v) is 2.53. The average Bonchev–Trinajstić information content (AvgIpc) is 2.54. The van der Waals surface area contributed by atoms with E-state index in [4.69, 9.17) is 0 Å². The van der Waals surface area contributed by atoms with E-state index in [2.05, 4.69) is 19.6 Å². The lowest BCUT2D eigenvalue weighted by Crippen LogP contribution is -2.44. The average molecular weight is 184 g/mol. The summed E-state index contributed by atoms with van der Waals surface area (Å²) in [5, 5.41) is 4.34. The highest BCUT2D eigenvalue weighted by atomic mass is 32.1. The smallest absolute Gasteiger partial charge is 0.237 e. The summed E-state index contributed by atoms with van der Waals surface area (Å²) in [6.07, 6.45) is 0. The van der Waals surface area contributed by atoms with Gasteiger partial charge >= 0.3 is 0 Å². The van der Waals surface area contributed by atoms with Crippen molar-refractivity contribution in [2.45, 2.75) is 6.92 Å². The van der Waals surface area contributed by atoms with E-state index in [9.17, 15) is 0 Å². The van der Waals surface area contributed by atoms with Gasteiger partial charge in [-0.05, 0) is 18.5 Å². The Kier molecular flexibility index (Phi) is 2.23. The summed E-state index contributed by atoms with van der Waals surface area (Å²) >= 11 is 1.47. The number of nitrogens with zero attached hydrogens (tertiary/aromatic N) is 3. The normalized spacial score (nSPS) is 18.2. The molecular weight excluding hydrogens is 172 g/mol. The van der Waals surface area contributed by atoms with E-state index in [1.54, 1.807) is 0 Å². The number of anilines is 1. The van der Waals surface area contributed by atoms with E-state index in [1.165, 1.54) is 11.5 Å². The Morgan fingerprint density at radius 1 is 1.42 bits per heavy atom. The lowest BCUT2D eigenvalue weighted by molar-refractivity contribution is 0.582. The molecule has 0 spiro atoms. The van der Waals surface area contributed by atoms with E-state index in [0.717, 1.165) is 37.1 Å². The molecule has 0 atom stereocenters. The van der Waals surface area contributed by atoms with Crippen LogP contribution in [0.4, 0.5) is 5.95 Å². The fourth-order valence-electron chi connectivity index (χ4n) is 1.28. The van der Waals surface area contributed by atoms with Crippen molar-refractivity contribution in [2.75, 3.05) is 31.1 Å². The van der Waals surface area contributed by atoms with Crippen molar-refractivity contribution in [3.63, 3.8) is 0 Å². The first-order valence-electron chi connectivity index (χ1n) is 4.12. The lowest BCUT2D eigenvalue weighted by Gasteiger charge is -2.25. The van der Waals surface area contributed by atoms with Gasteiger partial charge in [0.1, 0.15) is 5.01 Å². The van der Waals surface area contributed by atoms with Crippen molar-refractivity contribution in [3.8, 4) is 0 Å². The molecule has 1 fully saturated rings. The van der Waals surface area contributed by atoms with Gasteiger partial charge in [0.25, 0.3) is 0 Å². The van der Waals surface area contributed by atoms with Crippen molar-refractivity contribution in [3.05, 3.63) is 5.01 Å². The largest absolute Gasteiger partial charge is 0.338 e. The molecule has 0 unspecified atom stereocenters. The van der Waals surface area contributed by atoms with E-state index in [-0.39, 0.29) is 0 Å². The predicted octanol–water partition coefficient (Wildman–Crippen LogP) is 0.256. The first kappa shape index (κ1) is 7.94. The molecule has 0 bridgehead atoms. The lowest BCUT2D eigenvalue weighted by atomic mass is 10.4. The van der Waals surface area contributed by atoms with Crippen LogP contribution in [0.15, 0.2) is 0 Å². The molecule has 2 heterocycles. The van der Waals surface area contributed by atoms with Crippen molar-refractivity contribution < 1.29 is 0 Å². The molecule has 1 aliphatic heterocycles. The maximum Gasteiger partial charge on any atom is 0.237 e. The van der Waals surface area contributed by atoms with Crippen LogP contribution in [-0.4, -0.2) is 35.5 Å². The fraction of sp³-hybridized carbons (Fsp3) is 0.714. The molecule has 0 saturated carbocycles. The van der Waals surface area contributed by atoms with E-state index >= 15 is 0 Å². The third kappa shape index (κ3) is 1.56. The van der Waals surface area contributed by atoms with Crippen molar-refractivity contribution in [2.24, 2.45) is 0 Å². The molecule has 1 aromatic rings. The zero-order valence-corrected chi connectivity index (χ0v) is 7.89. The van der Waals surface area contributed by atoms with Gasteiger partial charge in [0.05, 0.1) is 0 Å². The minimum Gasteiger partial charge on any atom is -0.338 e. The number of nitrogens with one attached hydrogen (secondary N) is 1. The van der Waals surface area contributed by atoms with Gasteiger partial charge in [-0.2, -0.15) is 4.37 Å². The molecule has 1 aliphatic rings. The van der Waals surface area contributed by atoms with Crippen molar-refractivity contribution >= 4 is 17.5 Å². The molecule has 1 saturated heterocycles. The van der Waals surface area contributed by atoms with Crippen molar-refractivity contribution in [1.82, 2.24) is 14.7 Å². The second-order valence-corrected chi connectivity index (χ2v) is 3.81. The van der Waals surface area contributed by atoms with Crippen molar-refractivity contribution in [1.29, 1.82) is 0 Å². The van der Waals surface area contributed by atoms with Crippen LogP contribution in [0.3, 0.4) is 0 Å². The van der Waals surface area contributed by atoms with Gasteiger partial charge in [0.2, 0.25) is 5.95 Å². The summed E-state index contributed by atoms with van der Waals surface area (Å²) in [5.41, 5.74) is 0. The van der Waals surface area contributed by atoms with Gasteiger partial charge in [0.15, 0.2) is 0 Å². The zero-order chi connectivity index (χ0) is 8.39. The minimum absolute atomic E-state index is 0.902. The minimum atomic E-state index is 0.902. The molecule has 66 valence electrons. The standard InChI is InChI=1S/C7H12N4S/c1-6-9-7(10-12-6)11-4-2-8-3-5-11/h8H,2-5H2,1H3. The summed E-state index contributed by atoms with van der Waals surface area (Å²) in [4.78, 5) is 6.56. The highest BCUT2D eigenvalue weighted by Crippen LogP contribution is 2.12. The van der Waals surface area contributed by atoms with E-state index in [0.29, 0.717) is 0 Å². The third-order valence-electron chi connectivity index (χ3n) is 1.92. The van der Waals surface area contributed by atoms with Gasteiger partial charge in [-0.25, -0.2) is 4.98 Å². The Bertz CT molecular complexity index is 254. The van der Waals surface area contributed by atoms with Crippen LogP contribution < -0.4 is 10.2 Å². The van der Waals surface area contributed by atoms with Crippen LogP contribution in [0.25, 0.3) is 0 Å². The van der Waals surface area contributed by atoms with Gasteiger partial charge in [-0.1, -0.05) is 0 Å². The topological polar surface area (TPSA) is 41.1 Å². The Morgan fingerprint density at radius 3 is 2.75 bits per heavy atom. The molecule has 0 amide bonds. The molecule has 4 nitrogen and oxygen atoms in total. The monoisotopic (exact) mass is 184 g/mol. The Balaban J connectivity index is 2.08. The fourth-order valence-corrected chi connectivity index (χ4v) is 1.77. The Hall–Kier alpha value is -0.680. The van der Waals surface area contributed by atoms with Gasteiger partial charge in [-0.15, -0.1) is 0 Å². The van der Waals surface area contributed by atoms with E-state index in [1.807, 2.05) is 6.92 Å². The first-order chi connectivity index (χ1) is 5.86. The first-order valence-corrected chi connectivity index (χ1v) is 4.89. The highest BCUT2D eigenvalue weighted by Gasteiger charge is 2.13. The molecule has 2 rings (SSSR count). The molecule has 5 heteroatoms. The summed E-state index contributed by atoms with van der Waals surface area (Å²) < 4.78 is 4.27. The zero-order valence-electron chi connectivity index (χ0n) is 7.08. The van der Waals surface area contributed by atoms with Crippen LogP contribution in [-0.2, 0) is 0 Å². The SMILES string of the molecule is Cc1nc(N2CCNCC2)ns1. The number of piperazine rings is 1. The summed E-state index contributed by atoms with van der Waals surface area (Å²) in [6.45, 7) is 6.12. The summed E-state index contributed by atoms with van der Waals surface area (Å²) in [5.74, 6) is 0.902. The van der Waals surface area contributed by atoms with Crippen LogP contribution >= 0.6 is 11.5 Å².